The smallest absolute Gasteiger partial charge is 0.267 e. The third-order valence-electron chi connectivity index (χ3n) is 1.86. The number of hydrogen-bond acceptors (Lipinski definition) is 3. The third-order valence-corrected chi connectivity index (χ3v) is 2.41. The second-order valence-electron chi connectivity index (χ2n) is 2.81. The standard InChI is InChI=1S/C10H7FINO2/c11-8(5-12)9-2-1-7(6-13-9)10-14-3-4-15-10/h1-6,10H/b8-5-. The van der Waals surface area contributed by atoms with Crippen molar-refractivity contribution in [3.05, 3.63) is 46.2 Å². The molecule has 0 radical (unpaired) electrons. The van der Waals surface area contributed by atoms with E-state index >= 15 is 0 Å². The molecule has 1 aromatic rings. The van der Waals surface area contributed by atoms with Crippen molar-refractivity contribution in [1.82, 2.24) is 4.98 Å². The van der Waals surface area contributed by atoms with Gasteiger partial charge in [-0.3, -0.25) is 4.98 Å². The number of nitrogens with zero attached hydrogens (tertiary/aromatic N) is 1. The van der Waals surface area contributed by atoms with Crippen LogP contribution in [-0.4, -0.2) is 4.98 Å². The molecule has 0 aliphatic carbocycles. The Labute approximate surface area is 99.7 Å². The minimum absolute atomic E-state index is 0.305. The van der Waals surface area contributed by atoms with E-state index in [1.54, 1.807) is 12.1 Å². The summed E-state index contributed by atoms with van der Waals surface area (Å²) in [6.07, 6.45) is 4.00. The lowest BCUT2D eigenvalue weighted by Gasteiger charge is -2.09. The summed E-state index contributed by atoms with van der Waals surface area (Å²) < 4.78 is 24.7. The zero-order chi connectivity index (χ0) is 10.7. The Morgan fingerprint density at radius 2 is 2.13 bits per heavy atom. The summed E-state index contributed by atoms with van der Waals surface area (Å²) in [5.74, 6) is -0.353. The van der Waals surface area contributed by atoms with Crippen LogP contribution in [0.2, 0.25) is 0 Å². The summed E-state index contributed by atoms with van der Waals surface area (Å²) >= 11 is 1.83. The van der Waals surface area contributed by atoms with Crippen LogP contribution in [0.1, 0.15) is 17.5 Å². The van der Waals surface area contributed by atoms with Crippen molar-refractivity contribution in [1.29, 1.82) is 0 Å². The number of hydrogen-bond donors (Lipinski definition) is 0. The SMILES string of the molecule is F/C(=C\I)c1ccc(C2OC=CO2)cn1. The summed E-state index contributed by atoms with van der Waals surface area (Å²) in [6.45, 7) is 0. The van der Waals surface area contributed by atoms with Crippen LogP contribution in [0.15, 0.2) is 34.9 Å². The molecule has 2 heterocycles. The van der Waals surface area contributed by atoms with Gasteiger partial charge in [0.1, 0.15) is 12.5 Å². The number of halogens is 2. The van der Waals surface area contributed by atoms with E-state index in [0.29, 0.717) is 5.69 Å². The van der Waals surface area contributed by atoms with E-state index in [1.165, 1.54) is 22.8 Å². The van der Waals surface area contributed by atoms with E-state index < -0.39 is 6.29 Å². The van der Waals surface area contributed by atoms with Crippen molar-refractivity contribution in [3.63, 3.8) is 0 Å². The molecule has 78 valence electrons. The highest BCUT2D eigenvalue weighted by Gasteiger charge is 2.15. The molecule has 0 spiro atoms. The maximum absolute atomic E-state index is 13.1. The van der Waals surface area contributed by atoms with Crippen LogP contribution >= 0.6 is 22.6 Å². The first-order valence-electron chi connectivity index (χ1n) is 4.19. The van der Waals surface area contributed by atoms with Crippen LogP contribution < -0.4 is 0 Å². The molecule has 15 heavy (non-hydrogen) atoms. The molecule has 0 fully saturated rings. The number of rotatable bonds is 2. The predicted octanol–water partition coefficient (Wildman–Crippen LogP) is 3.30. The predicted molar refractivity (Wildman–Crippen MR) is 61.4 cm³/mol. The molecule has 0 bridgehead atoms. The monoisotopic (exact) mass is 319 g/mol. The van der Waals surface area contributed by atoms with Crippen LogP contribution in [0, 0.1) is 0 Å². The fourth-order valence-electron chi connectivity index (χ4n) is 1.14. The fourth-order valence-corrected chi connectivity index (χ4v) is 1.46. The largest absolute Gasteiger partial charge is 0.455 e. The fraction of sp³-hybridized carbons (Fsp3) is 0.100. The van der Waals surface area contributed by atoms with Gasteiger partial charge in [0.05, 0.1) is 11.3 Å². The van der Waals surface area contributed by atoms with E-state index in [-0.39, 0.29) is 5.83 Å². The summed E-state index contributed by atoms with van der Waals surface area (Å²) in [5.41, 5.74) is 1.06. The van der Waals surface area contributed by atoms with E-state index in [4.69, 9.17) is 9.47 Å². The van der Waals surface area contributed by atoms with Crippen LogP contribution in [0.3, 0.4) is 0 Å². The van der Waals surface area contributed by atoms with E-state index in [0.717, 1.165) is 5.56 Å². The van der Waals surface area contributed by atoms with Gasteiger partial charge in [0.25, 0.3) is 6.29 Å². The molecule has 5 heteroatoms. The minimum atomic E-state index is -0.460. The van der Waals surface area contributed by atoms with E-state index in [2.05, 4.69) is 4.98 Å². The van der Waals surface area contributed by atoms with Gasteiger partial charge >= 0.3 is 0 Å². The molecule has 3 nitrogen and oxygen atoms in total. The molecule has 0 saturated carbocycles. The molecule has 0 atom stereocenters. The molecule has 0 saturated heterocycles. The zero-order valence-electron chi connectivity index (χ0n) is 7.56. The highest BCUT2D eigenvalue weighted by atomic mass is 127. The van der Waals surface area contributed by atoms with Crippen molar-refractivity contribution in [2.45, 2.75) is 6.29 Å². The van der Waals surface area contributed by atoms with Crippen LogP contribution in [0.25, 0.3) is 5.83 Å². The lowest BCUT2D eigenvalue weighted by molar-refractivity contribution is -0.0248. The lowest BCUT2D eigenvalue weighted by Crippen LogP contribution is -1.99. The number of pyridine rings is 1. The zero-order valence-corrected chi connectivity index (χ0v) is 9.72. The van der Waals surface area contributed by atoms with Gasteiger partial charge < -0.3 is 9.47 Å². The van der Waals surface area contributed by atoms with Gasteiger partial charge in [-0.15, -0.1) is 0 Å². The Kier molecular flexibility index (Phi) is 3.20. The first kappa shape index (κ1) is 10.4. The van der Waals surface area contributed by atoms with E-state index in [9.17, 15) is 4.39 Å². The van der Waals surface area contributed by atoms with Gasteiger partial charge in [-0.1, -0.05) is 0 Å². The molecular formula is C10H7FINO2. The van der Waals surface area contributed by atoms with Crippen molar-refractivity contribution in [3.8, 4) is 0 Å². The molecule has 1 aliphatic rings. The average molecular weight is 319 g/mol. The second-order valence-corrected chi connectivity index (χ2v) is 3.43. The van der Waals surface area contributed by atoms with Gasteiger partial charge in [-0.05, 0) is 34.7 Å². The Morgan fingerprint density at radius 3 is 2.67 bits per heavy atom. The molecule has 0 N–H and O–H groups in total. The van der Waals surface area contributed by atoms with Crippen molar-refractivity contribution in [2.24, 2.45) is 0 Å². The average Bonchev–Trinajstić information content (AvgIpc) is 2.82. The maximum atomic E-state index is 13.1. The molecule has 0 aromatic carbocycles. The quantitative estimate of drug-likeness (QED) is 0.784. The van der Waals surface area contributed by atoms with Gasteiger partial charge in [0.15, 0.2) is 5.83 Å². The van der Waals surface area contributed by atoms with Gasteiger partial charge in [0, 0.05) is 10.3 Å². The first-order chi connectivity index (χ1) is 7.31. The van der Waals surface area contributed by atoms with Gasteiger partial charge in [-0.2, -0.15) is 0 Å². The Morgan fingerprint density at radius 1 is 1.40 bits per heavy atom. The summed E-state index contributed by atoms with van der Waals surface area (Å²) in [5, 5.41) is 0. The summed E-state index contributed by atoms with van der Waals surface area (Å²) in [4.78, 5) is 3.96. The van der Waals surface area contributed by atoms with Crippen molar-refractivity contribution < 1.29 is 13.9 Å². The summed E-state index contributed by atoms with van der Waals surface area (Å²) in [6, 6.07) is 3.31. The van der Waals surface area contributed by atoms with Crippen LogP contribution in [-0.2, 0) is 9.47 Å². The Hall–Kier alpha value is -1.11. The van der Waals surface area contributed by atoms with Crippen LogP contribution in [0.5, 0.6) is 0 Å². The molecule has 2 rings (SSSR count). The molecular weight excluding hydrogens is 312 g/mol. The molecule has 1 aliphatic heterocycles. The Balaban J connectivity index is 2.17. The maximum Gasteiger partial charge on any atom is 0.267 e. The second kappa shape index (κ2) is 4.61. The highest BCUT2D eigenvalue weighted by Crippen LogP contribution is 2.24. The lowest BCUT2D eigenvalue weighted by atomic mass is 10.2. The summed E-state index contributed by atoms with van der Waals surface area (Å²) in [7, 11) is 0. The topological polar surface area (TPSA) is 31.4 Å². The highest BCUT2D eigenvalue weighted by molar-refractivity contribution is 14.1. The number of ether oxygens (including phenoxy) is 2. The normalized spacial score (nSPS) is 16.3. The molecule has 1 aromatic heterocycles. The Bertz CT molecular complexity index is 394. The minimum Gasteiger partial charge on any atom is -0.455 e. The first-order valence-corrected chi connectivity index (χ1v) is 5.44. The molecule has 0 unspecified atom stereocenters. The van der Waals surface area contributed by atoms with E-state index in [1.807, 2.05) is 22.6 Å². The van der Waals surface area contributed by atoms with Crippen molar-refractivity contribution in [2.75, 3.05) is 0 Å². The van der Waals surface area contributed by atoms with Gasteiger partial charge in [0.2, 0.25) is 0 Å². The molecule has 0 amide bonds. The van der Waals surface area contributed by atoms with Crippen molar-refractivity contribution >= 4 is 28.4 Å². The van der Waals surface area contributed by atoms with Gasteiger partial charge in [-0.25, -0.2) is 4.39 Å². The number of aromatic nitrogens is 1. The van der Waals surface area contributed by atoms with Crippen LogP contribution in [0.4, 0.5) is 4.39 Å². The third kappa shape index (κ3) is 2.28.